The first-order valence-electron chi connectivity index (χ1n) is 12.1. The molecule has 0 aliphatic rings. The molecule has 1 aromatic heterocycles. The highest BCUT2D eigenvalue weighted by atomic mass is 32.2. The average Bonchev–Trinajstić information content (AvgIpc) is 2.87. The van der Waals surface area contributed by atoms with E-state index in [-0.39, 0.29) is 35.8 Å². The van der Waals surface area contributed by atoms with E-state index in [4.69, 9.17) is 9.47 Å². The van der Waals surface area contributed by atoms with Crippen LogP contribution in [-0.4, -0.2) is 52.7 Å². The van der Waals surface area contributed by atoms with Crippen LogP contribution >= 0.6 is 11.8 Å². The zero-order valence-corrected chi connectivity index (χ0v) is 23.3. The van der Waals surface area contributed by atoms with Gasteiger partial charge in [-0.25, -0.2) is 14.4 Å². The molecule has 0 aliphatic carbocycles. The van der Waals surface area contributed by atoms with Crippen molar-refractivity contribution in [2.75, 3.05) is 25.3 Å². The van der Waals surface area contributed by atoms with Gasteiger partial charge in [-0.15, -0.1) is 0 Å². The Hall–Kier alpha value is -3.66. The Morgan fingerprint density at radius 1 is 1.00 bits per heavy atom. The number of thioether (sulfide) groups is 1. The fourth-order valence-electron chi connectivity index (χ4n) is 4.01. The largest absolute Gasteiger partial charge is 0.497 e. The van der Waals surface area contributed by atoms with E-state index in [2.05, 4.69) is 15.3 Å². The molecule has 3 aromatic rings. The van der Waals surface area contributed by atoms with Crippen molar-refractivity contribution in [2.45, 2.75) is 45.4 Å². The van der Waals surface area contributed by atoms with Crippen LogP contribution in [0.3, 0.4) is 0 Å². The summed E-state index contributed by atoms with van der Waals surface area (Å²) in [6.45, 7) is 7.62. The minimum Gasteiger partial charge on any atom is -0.497 e. The van der Waals surface area contributed by atoms with Gasteiger partial charge >= 0.3 is 0 Å². The molecule has 1 N–H and O–H groups in total. The fraction of sp³-hybridized carbons (Fsp3) is 0.357. The molecule has 1 unspecified atom stereocenters. The second kappa shape index (κ2) is 13.2. The number of nitrogens with zero attached hydrogens (tertiary/aromatic N) is 3. The smallest absolute Gasteiger partial charge is 0.247 e. The third-order valence-electron chi connectivity index (χ3n) is 5.78. The lowest BCUT2D eigenvalue weighted by molar-refractivity contribution is -0.138. The molecule has 202 valence electrons. The van der Waals surface area contributed by atoms with E-state index in [9.17, 15) is 14.0 Å². The Morgan fingerprint density at radius 3 is 2.24 bits per heavy atom. The number of halogens is 1. The maximum Gasteiger partial charge on any atom is 0.247 e. The fourth-order valence-corrected chi connectivity index (χ4v) is 4.84. The lowest BCUT2D eigenvalue weighted by atomic mass is 10.00. The zero-order chi connectivity index (χ0) is 27.8. The molecule has 0 saturated carbocycles. The molecule has 0 radical (unpaired) electrons. The molecule has 8 nitrogen and oxygen atoms in total. The molecule has 0 bridgehead atoms. The van der Waals surface area contributed by atoms with Gasteiger partial charge in [0.15, 0.2) is 5.16 Å². The number of carbonyl (C=O) groups excluding carboxylic acids is 2. The third-order valence-corrected chi connectivity index (χ3v) is 6.61. The zero-order valence-electron chi connectivity index (χ0n) is 22.4. The van der Waals surface area contributed by atoms with Crippen molar-refractivity contribution in [3.63, 3.8) is 0 Å². The standard InChI is InChI=1S/C28H33FN4O4S/c1-17(2)26(27(35)32-23-12-11-22(36-5)14-24(23)37-6)33(15-20-7-9-21(29)10-8-20)25(34)16-38-28-30-18(3)13-19(4)31-28/h7-14,17,26H,15-16H2,1-6H3,(H,32,35). The first kappa shape index (κ1) is 28.9. The highest BCUT2D eigenvalue weighted by Gasteiger charge is 2.33. The van der Waals surface area contributed by atoms with Crippen molar-refractivity contribution >= 4 is 29.3 Å². The summed E-state index contributed by atoms with van der Waals surface area (Å²) in [5, 5.41) is 3.40. The topological polar surface area (TPSA) is 93.7 Å². The number of aryl methyl sites for hydroxylation is 2. The molecular weight excluding hydrogens is 507 g/mol. The van der Waals surface area contributed by atoms with Crippen molar-refractivity contribution in [1.82, 2.24) is 14.9 Å². The maximum absolute atomic E-state index is 13.6. The molecule has 10 heteroatoms. The summed E-state index contributed by atoms with van der Waals surface area (Å²) in [5.41, 5.74) is 2.77. The highest BCUT2D eigenvalue weighted by Crippen LogP contribution is 2.30. The molecular formula is C28H33FN4O4S. The predicted octanol–water partition coefficient (Wildman–Crippen LogP) is 5.03. The van der Waals surface area contributed by atoms with E-state index < -0.39 is 6.04 Å². The predicted molar refractivity (Wildman–Crippen MR) is 146 cm³/mol. The van der Waals surface area contributed by atoms with Crippen molar-refractivity contribution in [3.05, 3.63) is 71.3 Å². The van der Waals surface area contributed by atoms with Crippen LogP contribution in [0, 0.1) is 25.6 Å². The van der Waals surface area contributed by atoms with E-state index in [1.807, 2.05) is 33.8 Å². The first-order chi connectivity index (χ1) is 18.1. The van der Waals surface area contributed by atoms with Crippen LogP contribution in [0.15, 0.2) is 53.7 Å². The van der Waals surface area contributed by atoms with Gasteiger partial charge in [0.05, 0.1) is 25.7 Å². The quantitative estimate of drug-likeness (QED) is 0.269. The Bertz CT molecular complexity index is 1250. The molecule has 0 saturated heterocycles. The van der Waals surface area contributed by atoms with E-state index >= 15 is 0 Å². The molecule has 0 fully saturated rings. The normalized spacial score (nSPS) is 11.7. The number of nitrogens with one attached hydrogen (secondary N) is 1. The summed E-state index contributed by atoms with van der Waals surface area (Å²) in [4.78, 5) is 37.6. The minimum absolute atomic E-state index is 0.0342. The highest BCUT2D eigenvalue weighted by molar-refractivity contribution is 7.99. The van der Waals surface area contributed by atoms with Crippen LogP contribution in [0.5, 0.6) is 11.5 Å². The number of amides is 2. The number of carbonyl (C=O) groups is 2. The summed E-state index contributed by atoms with van der Waals surface area (Å²) in [5.74, 6) is -0.195. The maximum atomic E-state index is 13.6. The third kappa shape index (κ3) is 7.67. The number of hydrogen-bond acceptors (Lipinski definition) is 7. The van der Waals surface area contributed by atoms with E-state index in [1.165, 1.54) is 35.9 Å². The summed E-state index contributed by atoms with van der Waals surface area (Å²) < 4.78 is 24.2. The van der Waals surface area contributed by atoms with Crippen LogP contribution in [-0.2, 0) is 16.1 Å². The Labute approximate surface area is 227 Å². The van der Waals surface area contributed by atoms with Crippen LogP contribution in [0.25, 0.3) is 0 Å². The average molecular weight is 541 g/mol. The van der Waals surface area contributed by atoms with E-state index in [0.717, 1.165) is 11.4 Å². The number of anilines is 1. The monoisotopic (exact) mass is 540 g/mol. The van der Waals surface area contributed by atoms with Gasteiger partial charge in [0.25, 0.3) is 0 Å². The van der Waals surface area contributed by atoms with Crippen LogP contribution in [0.2, 0.25) is 0 Å². The molecule has 1 heterocycles. The lowest BCUT2D eigenvalue weighted by Gasteiger charge is -2.33. The summed E-state index contributed by atoms with van der Waals surface area (Å²) in [6.07, 6.45) is 0. The Kier molecular flexibility index (Phi) is 10.1. The Balaban J connectivity index is 1.90. The molecule has 1 atom stereocenters. The van der Waals surface area contributed by atoms with Gasteiger partial charge in [-0.2, -0.15) is 0 Å². The Morgan fingerprint density at radius 2 is 1.66 bits per heavy atom. The second-order valence-corrected chi connectivity index (χ2v) is 10.1. The lowest BCUT2D eigenvalue weighted by Crippen LogP contribution is -2.50. The molecule has 2 amide bonds. The molecule has 0 aliphatic heterocycles. The van der Waals surface area contributed by atoms with Crippen molar-refractivity contribution < 1.29 is 23.5 Å². The molecule has 38 heavy (non-hydrogen) atoms. The number of hydrogen-bond donors (Lipinski definition) is 1. The van der Waals surface area contributed by atoms with Gasteiger partial charge < -0.3 is 19.7 Å². The van der Waals surface area contributed by atoms with Gasteiger partial charge in [0.2, 0.25) is 11.8 Å². The van der Waals surface area contributed by atoms with Crippen molar-refractivity contribution in [1.29, 1.82) is 0 Å². The van der Waals surface area contributed by atoms with Crippen LogP contribution < -0.4 is 14.8 Å². The van der Waals surface area contributed by atoms with Gasteiger partial charge in [-0.3, -0.25) is 9.59 Å². The van der Waals surface area contributed by atoms with Crippen molar-refractivity contribution in [3.8, 4) is 11.5 Å². The first-order valence-corrected chi connectivity index (χ1v) is 13.1. The number of ether oxygens (including phenoxy) is 2. The minimum atomic E-state index is -0.819. The van der Waals surface area contributed by atoms with Gasteiger partial charge in [0.1, 0.15) is 23.4 Å². The van der Waals surface area contributed by atoms with E-state index in [0.29, 0.717) is 27.9 Å². The van der Waals surface area contributed by atoms with Crippen LogP contribution in [0.4, 0.5) is 10.1 Å². The number of rotatable bonds is 11. The second-order valence-electron chi connectivity index (χ2n) is 9.11. The summed E-state index contributed by atoms with van der Waals surface area (Å²) in [6, 6.07) is 12.0. The molecule has 0 spiro atoms. The number of aromatic nitrogens is 2. The summed E-state index contributed by atoms with van der Waals surface area (Å²) >= 11 is 1.21. The van der Waals surface area contributed by atoms with E-state index in [1.54, 1.807) is 37.4 Å². The molecule has 2 aromatic carbocycles. The van der Waals surface area contributed by atoms with Gasteiger partial charge in [-0.05, 0) is 55.7 Å². The number of methoxy groups -OCH3 is 2. The van der Waals surface area contributed by atoms with Crippen molar-refractivity contribution in [2.24, 2.45) is 5.92 Å². The number of benzene rings is 2. The van der Waals surface area contributed by atoms with Crippen LogP contribution in [0.1, 0.15) is 30.8 Å². The SMILES string of the molecule is COc1ccc(NC(=O)C(C(C)C)N(Cc2ccc(F)cc2)C(=O)CSc2nc(C)cc(C)n2)c(OC)c1. The van der Waals surface area contributed by atoms with Gasteiger partial charge in [-0.1, -0.05) is 37.7 Å². The summed E-state index contributed by atoms with van der Waals surface area (Å²) in [7, 11) is 3.04. The molecule has 3 rings (SSSR count). The van der Waals surface area contributed by atoms with Gasteiger partial charge in [0, 0.05) is 24.0 Å².